The van der Waals surface area contributed by atoms with Crippen LogP contribution in [0.2, 0.25) is 0 Å². The lowest BCUT2D eigenvalue weighted by molar-refractivity contribution is -0.277. The van der Waals surface area contributed by atoms with E-state index in [1.807, 2.05) is 0 Å². The minimum absolute atomic E-state index is 0.0485. The van der Waals surface area contributed by atoms with E-state index in [2.05, 4.69) is 0 Å². The van der Waals surface area contributed by atoms with Gasteiger partial charge in [0.25, 0.3) is 0 Å². The lowest BCUT2D eigenvalue weighted by Gasteiger charge is -2.39. The first kappa shape index (κ1) is 16.2. The third-order valence-electron chi connectivity index (χ3n) is 3.42. The molecular formula is C14H20O7. The molecule has 0 spiro atoms. The van der Waals surface area contributed by atoms with Crippen molar-refractivity contribution in [1.29, 1.82) is 0 Å². The Morgan fingerprint density at radius 2 is 1.62 bits per heavy atom. The zero-order chi connectivity index (χ0) is 15.4. The molecule has 7 heteroatoms. The number of aliphatic hydroxyl groups is 5. The van der Waals surface area contributed by atoms with E-state index in [1.165, 1.54) is 0 Å². The molecule has 7 nitrogen and oxygen atoms in total. The summed E-state index contributed by atoms with van der Waals surface area (Å²) >= 11 is 0. The molecule has 1 aliphatic rings. The Morgan fingerprint density at radius 1 is 0.952 bits per heavy atom. The van der Waals surface area contributed by atoms with Crippen molar-refractivity contribution in [1.82, 2.24) is 0 Å². The van der Waals surface area contributed by atoms with Gasteiger partial charge in [-0.2, -0.15) is 0 Å². The topological polar surface area (TPSA) is 120 Å². The van der Waals surface area contributed by atoms with Gasteiger partial charge >= 0.3 is 0 Å². The fraction of sp³-hybridized carbons (Fsp3) is 0.571. The third-order valence-corrected chi connectivity index (χ3v) is 3.42. The van der Waals surface area contributed by atoms with Gasteiger partial charge in [-0.25, -0.2) is 0 Å². The number of ether oxygens (including phenoxy) is 2. The van der Waals surface area contributed by atoms with Crippen LogP contribution in [0.1, 0.15) is 5.56 Å². The molecule has 2 rings (SSSR count). The molecule has 5 atom stereocenters. The van der Waals surface area contributed by atoms with Gasteiger partial charge in [0.2, 0.25) is 6.29 Å². The van der Waals surface area contributed by atoms with Crippen molar-refractivity contribution in [2.75, 3.05) is 13.2 Å². The molecule has 1 aliphatic heterocycles. The summed E-state index contributed by atoms with van der Waals surface area (Å²) in [6.07, 6.45) is -5.96. The predicted octanol–water partition coefficient (Wildman–Crippen LogP) is -1.60. The number of hydrogen-bond donors (Lipinski definition) is 5. The normalized spacial score (nSPS) is 32.9. The SMILES string of the molecule is OCCc1ccc(OC2O[C@H](CO)[C@@H](O)[C@H](O)[C@H]2O)cc1. The highest BCUT2D eigenvalue weighted by Crippen LogP contribution is 2.24. The highest BCUT2D eigenvalue weighted by molar-refractivity contribution is 5.27. The second-order valence-electron chi connectivity index (χ2n) is 4.93. The van der Waals surface area contributed by atoms with E-state index >= 15 is 0 Å². The summed E-state index contributed by atoms with van der Waals surface area (Å²) in [5.41, 5.74) is 0.929. The zero-order valence-corrected chi connectivity index (χ0v) is 11.4. The summed E-state index contributed by atoms with van der Waals surface area (Å²) in [7, 11) is 0. The third kappa shape index (κ3) is 3.70. The number of aliphatic hydroxyl groups excluding tert-OH is 5. The van der Waals surface area contributed by atoms with Crippen LogP contribution in [-0.2, 0) is 11.2 Å². The Labute approximate surface area is 122 Å². The van der Waals surface area contributed by atoms with Crippen molar-refractivity contribution in [2.24, 2.45) is 0 Å². The lowest BCUT2D eigenvalue weighted by Crippen LogP contribution is -2.60. The Balaban J connectivity index is 2.03. The second-order valence-corrected chi connectivity index (χ2v) is 4.93. The van der Waals surface area contributed by atoms with E-state index in [9.17, 15) is 15.3 Å². The number of rotatable bonds is 5. The van der Waals surface area contributed by atoms with E-state index in [4.69, 9.17) is 19.7 Å². The predicted molar refractivity (Wildman–Crippen MR) is 71.6 cm³/mol. The van der Waals surface area contributed by atoms with Crippen LogP contribution < -0.4 is 4.74 Å². The van der Waals surface area contributed by atoms with E-state index in [1.54, 1.807) is 24.3 Å². The van der Waals surface area contributed by atoms with Gasteiger partial charge in [0.1, 0.15) is 30.2 Å². The van der Waals surface area contributed by atoms with E-state index in [0.29, 0.717) is 12.2 Å². The van der Waals surface area contributed by atoms with Crippen molar-refractivity contribution in [3.05, 3.63) is 29.8 Å². The molecule has 1 fully saturated rings. The maximum Gasteiger partial charge on any atom is 0.229 e. The number of benzene rings is 1. The Kier molecular flexibility index (Phi) is 5.51. The van der Waals surface area contributed by atoms with Gasteiger partial charge in [-0.05, 0) is 24.1 Å². The summed E-state index contributed by atoms with van der Waals surface area (Å²) in [6.45, 7) is -0.451. The quantitative estimate of drug-likeness (QED) is 0.444. The van der Waals surface area contributed by atoms with Crippen LogP contribution >= 0.6 is 0 Å². The average molecular weight is 300 g/mol. The molecule has 0 aromatic heterocycles. The van der Waals surface area contributed by atoms with Crippen LogP contribution in [0.5, 0.6) is 5.75 Å². The first-order valence-electron chi connectivity index (χ1n) is 6.73. The van der Waals surface area contributed by atoms with Gasteiger partial charge in [0.05, 0.1) is 6.61 Å². The second kappa shape index (κ2) is 7.17. The van der Waals surface area contributed by atoms with Gasteiger partial charge in [0, 0.05) is 6.61 Å². The van der Waals surface area contributed by atoms with E-state index < -0.39 is 37.3 Å². The van der Waals surface area contributed by atoms with Crippen LogP contribution in [0.15, 0.2) is 24.3 Å². The van der Waals surface area contributed by atoms with E-state index in [0.717, 1.165) is 5.56 Å². The fourth-order valence-electron chi connectivity index (χ4n) is 2.16. The summed E-state index contributed by atoms with van der Waals surface area (Å²) in [5, 5.41) is 47.1. The largest absolute Gasteiger partial charge is 0.462 e. The molecule has 0 bridgehead atoms. The molecular weight excluding hydrogens is 280 g/mol. The minimum atomic E-state index is -1.46. The first-order valence-corrected chi connectivity index (χ1v) is 6.73. The fourth-order valence-corrected chi connectivity index (χ4v) is 2.16. The summed E-state index contributed by atoms with van der Waals surface area (Å²) in [6, 6.07) is 6.81. The smallest absolute Gasteiger partial charge is 0.229 e. The summed E-state index contributed by atoms with van der Waals surface area (Å²) in [4.78, 5) is 0. The van der Waals surface area contributed by atoms with Gasteiger partial charge < -0.3 is 35.0 Å². The van der Waals surface area contributed by atoms with Crippen LogP contribution in [-0.4, -0.2) is 69.5 Å². The van der Waals surface area contributed by atoms with Crippen LogP contribution in [0, 0.1) is 0 Å². The first-order chi connectivity index (χ1) is 10.1. The number of hydrogen-bond acceptors (Lipinski definition) is 7. The minimum Gasteiger partial charge on any atom is -0.462 e. The lowest BCUT2D eigenvalue weighted by atomic mass is 9.99. The molecule has 0 radical (unpaired) electrons. The molecule has 1 aromatic carbocycles. The monoisotopic (exact) mass is 300 g/mol. The maximum atomic E-state index is 9.85. The van der Waals surface area contributed by atoms with Crippen LogP contribution in [0.3, 0.4) is 0 Å². The Bertz CT molecular complexity index is 433. The summed E-state index contributed by atoms with van der Waals surface area (Å²) < 4.78 is 10.7. The molecule has 5 N–H and O–H groups in total. The van der Waals surface area contributed by atoms with Crippen molar-refractivity contribution in [2.45, 2.75) is 37.1 Å². The van der Waals surface area contributed by atoms with E-state index in [-0.39, 0.29) is 6.61 Å². The molecule has 1 heterocycles. The zero-order valence-electron chi connectivity index (χ0n) is 11.4. The molecule has 0 amide bonds. The van der Waals surface area contributed by atoms with Crippen LogP contribution in [0.25, 0.3) is 0 Å². The highest BCUT2D eigenvalue weighted by Gasteiger charge is 2.44. The van der Waals surface area contributed by atoms with Crippen molar-refractivity contribution >= 4 is 0 Å². The van der Waals surface area contributed by atoms with Crippen molar-refractivity contribution < 1.29 is 35.0 Å². The van der Waals surface area contributed by atoms with Crippen molar-refractivity contribution in [3.63, 3.8) is 0 Å². The molecule has 0 saturated carbocycles. The van der Waals surface area contributed by atoms with Crippen LogP contribution in [0.4, 0.5) is 0 Å². The molecule has 1 aromatic rings. The molecule has 1 unspecified atom stereocenters. The van der Waals surface area contributed by atoms with Gasteiger partial charge in [-0.15, -0.1) is 0 Å². The molecule has 118 valence electrons. The average Bonchev–Trinajstić information content (AvgIpc) is 2.50. The molecule has 0 aliphatic carbocycles. The molecule has 1 saturated heterocycles. The molecule has 21 heavy (non-hydrogen) atoms. The summed E-state index contributed by atoms with van der Waals surface area (Å²) in [5.74, 6) is 0.404. The van der Waals surface area contributed by atoms with Gasteiger partial charge in [-0.1, -0.05) is 12.1 Å². The Hall–Kier alpha value is -1.22. The maximum absolute atomic E-state index is 9.85. The standard InChI is InChI=1S/C14H20O7/c15-6-5-8-1-3-9(4-2-8)20-14-13(19)12(18)11(17)10(7-16)21-14/h1-4,10-19H,5-7H2/t10-,11-,12+,13-,14?/m1/s1. The Morgan fingerprint density at radius 3 is 2.19 bits per heavy atom. The van der Waals surface area contributed by atoms with Crippen molar-refractivity contribution in [3.8, 4) is 5.75 Å². The highest BCUT2D eigenvalue weighted by atomic mass is 16.7. The van der Waals surface area contributed by atoms with Gasteiger partial charge in [0.15, 0.2) is 0 Å². The van der Waals surface area contributed by atoms with Gasteiger partial charge in [-0.3, -0.25) is 0 Å².